The lowest BCUT2D eigenvalue weighted by molar-refractivity contribution is 0.630. The quantitative estimate of drug-likeness (QED) is 0.195. The molecule has 11 rings (SSSR count). The van der Waals surface area contributed by atoms with Gasteiger partial charge < -0.3 is 10.2 Å². The second-order valence-corrected chi connectivity index (χ2v) is 15.0. The van der Waals surface area contributed by atoms with Gasteiger partial charge in [-0.25, -0.2) is 9.98 Å². The number of para-hydroxylation sites is 3. The highest BCUT2D eigenvalue weighted by Gasteiger charge is 2.48. The number of benzene rings is 4. The Morgan fingerprint density at radius 3 is 2.33 bits per heavy atom. The van der Waals surface area contributed by atoms with Gasteiger partial charge >= 0.3 is 0 Å². The van der Waals surface area contributed by atoms with E-state index in [1.165, 1.54) is 69.1 Å². The Labute approximate surface area is 299 Å². The van der Waals surface area contributed by atoms with Gasteiger partial charge in [0.25, 0.3) is 0 Å². The van der Waals surface area contributed by atoms with E-state index in [1.54, 1.807) is 5.57 Å². The molecule has 250 valence electrons. The summed E-state index contributed by atoms with van der Waals surface area (Å²) in [5, 5.41) is 6.41. The van der Waals surface area contributed by atoms with Gasteiger partial charge in [-0.3, -0.25) is 4.57 Å². The summed E-state index contributed by atoms with van der Waals surface area (Å²) in [5.74, 6) is 3.31. The van der Waals surface area contributed by atoms with E-state index >= 15 is 0 Å². The van der Waals surface area contributed by atoms with Crippen LogP contribution in [0.5, 0.6) is 0 Å². The van der Waals surface area contributed by atoms with Crippen LogP contribution in [0.3, 0.4) is 0 Å². The van der Waals surface area contributed by atoms with Gasteiger partial charge in [-0.05, 0) is 91.3 Å². The Morgan fingerprint density at radius 1 is 0.725 bits per heavy atom. The Balaban J connectivity index is 1.14. The average Bonchev–Trinajstić information content (AvgIpc) is 3.49. The summed E-state index contributed by atoms with van der Waals surface area (Å²) in [7, 11) is 0. The number of aliphatic imine (C=N–C) groups is 2. The van der Waals surface area contributed by atoms with E-state index < -0.39 is 6.29 Å². The van der Waals surface area contributed by atoms with Crippen molar-refractivity contribution in [2.75, 3.05) is 11.4 Å². The van der Waals surface area contributed by atoms with Crippen molar-refractivity contribution in [2.24, 2.45) is 15.9 Å². The second kappa shape index (κ2) is 11.6. The number of amidine groups is 1. The molecule has 1 N–H and O–H groups in total. The monoisotopic (exact) mass is 663 g/mol. The second-order valence-electron chi connectivity index (χ2n) is 15.0. The highest BCUT2D eigenvalue weighted by molar-refractivity contribution is 6.19. The number of hydrogen-bond acceptors (Lipinski definition) is 4. The standard InChI is InChI=1S/C46H41N5/c1-2-14-29(15-3-1)32-21-12-24-38(42-36-22-13-23-37(36)42)43(32)44-47-45(50-28-30-16-4-5-17-31(30)33-18-6-9-25-39(33)50)49-46(48-44)51-40-26-10-7-19-34(40)35-20-8-11-27-41(35)51/h2,5-12,14,17-22,24-27,29,37,42,45H,1,3-4,13,15-16,23,28H2,(H,47,48,49)/t29?,37?,42-,45?/m1/s1. The molecule has 51 heavy (non-hydrogen) atoms. The van der Waals surface area contributed by atoms with E-state index in [0.29, 0.717) is 17.8 Å². The largest absolute Gasteiger partial charge is 0.327 e. The van der Waals surface area contributed by atoms with Crippen molar-refractivity contribution in [1.82, 2.24) is 9.88 Å². The van der Waals surface area contributed by atoms with Crippen LogP contribution in [0.1, 0.15) is 79.0 Å². The molecule has 0 radical (unpaired) electrons. The van der Waals surface area contributed by atoms with E-state index in [-0.39, 0.29) is 0 Å². The summed E-state index contributed by atoms with van der Waals surface area (Å²) >= 11 is 0. The third-order valence-corrected chi connectivity index (χ3v) is 12.2. The molecule has 4 atom stereocenters. The minimum absolute atomic E-state index is 0.372. The summed E-state index contributed by atoms with van der Waals surface area (Å²) in [4.78, 5) is 13.7. The van der Waals surface area contributed by atoms with E-state index in [9.17, 15) is 0 Å². The number of nitrogens with zero attached hydrogens (tertiary/aromatic N) is 4. The van der Waals surface area contributed by atoms with E-state index in [2.05, 4.69) is 136 Å². The van der Waals surface area contributed by atoms with Crippen LogP contribution in [-0.4, -0.2) is 29.2 Å². The first kappa shape index (κ1) is 29.3. The molecule has 1 saturated carbocycles. The highest BCUT2D eigenvalue weighted by atomic mass is 15.4. The van der Waals surface area contributed by atoms with E-state index in [1.807, 2.05) is 0 Å². The highest BCUT2D eigenvalue weighted by Crippen LogP contribution is 2.60. The third-order valence-electron chi connectivity index (χ3n) is 12.2. The summed E-state index contributed by atoms with van der Waals surface area (Å²) in [6.07, 6.45) is 19.7. The summed E-state index contributed by atoms with van der Waals surface area (Å²) < 4.78 is 2.34. The van der Waals surface area contributed by atoms with Crippen LogP contribution in [0.4, 0.5) is 5.69 Å². The maximum Gasteiger partial charge on any atom is 0.222 e. The molecule has 6 aliphatic rings. The molecule has 1 aromatic heterocycles. The van der Waals surface area contributed by atoms with Crippen molar-refractivity contribution >= 4 is 44.9 Å². The molecule has 3 heterocycles. The van der Waals surface area contributed by atoms with Crippen LogP contribution in [0.25, 0.3) is 27.4 Å². The first-order chi connectivity index (χ1) is 25.3. The van der Waals surface area contributed by atoms with Gasteiger partial charge in [-0.1, -0.05) is 109 Å². The lowest BCUT2D eigenvalue weighted by atomic mass is 9.83. The van der Waals surface area contributed by atoms with Crippen LogP contribution >= 0.6 is 0 Å². The zero-order chi connectivity index (χ0) is 33.5. The topological polar surface area (TPSA) is 44.9 Å². The van der Waals surface area contributed by atoms with Crippen LogP contribution < -0.4 is 10.2 Å². The number of anilines is 1. The Morgan fingerprint density at radius 2 is 1.53 bits per heavy atom. The van der Waals surface area contributed by atoms with Gasteiger partial charge in [0.05, 0.1) is 11.0 Å². The normalized spacial score (nSPS) is 24.9. The van der Waals surface area contributed by atoms with Crippen molar-refractivity contribution in [3.8, 4) is 0 Å². The minimum Gasteiger partial charge on any atom is -0.327 e. The lowest BCUT2D eigenvalue weighted by Crippen LogP contribution is -2.47. The molecule has 0 spiro atoms. The van der Waals surface area contributed by atoms with Crippen molar-refractivity contribution in [2.45, 2.75) is 63.1 Å². The first-order valence-electron chi connectivity index (χ1n) is 19.0. The van der Waals surface area contributed by atoms with Crippen LogP contribution in [0, 0.1) is 5.92 Å². The minimum atomic E-state index is -0.432. The average molecular weight is 664 g/mol. The summed E-state index contributed by atoms with van der Waals surface area (Å²) in [6.45, 7) is 0.819. The van der Waals surface area contributed by atoms with Crippen molar-refractivity contribution in [1.29, 1.82) is 0 Å². The first-order valence-corrected chi connectivity index (χ1v) is 19.0. The SMILES string of the molecule is C1=CC(c2cccc([C@@H]3C4=CCCC43)c2C2=NC(N3CC4=C(C=CCC4)c4ccccc43)N=C(n3c4ccccc4c4ccccc43)N2)CCC1. The van der Waals surface area contributed by atoms with Gasteiger partial charge in [-0.15, -0.1) is 0 Å². The fraction of sp³-hybridized carbons (Fsp3) is 0.261. The number of hydrogen-bond donors (Lipinski definition) is 1. The smallest absolute Gasteiger partial charge is 0.222 e. The molecule has 5 heteroatoms. The van der Waals surface area contributed by atoms with Crippen molar-refractivity contribution in [3.63, 3.8) is 0 Å². The Bertz CT molecular complexity index is 2380. The van der Waals surface area contributed by atoms with E-state index in [0.717, 1.165) is 55.1 Å². The molecule has 0 saturated heterocycles. The van der Waals surface area contributed by atoms with E-state index in [4.69, 9.17) is 9.98 Å². The number of allylic oxidation sites excluding steroid dienone is 7. The van der Waals surface area contributed by atoms with Crippen LogP contribution in [0.2, 0.25) is 0 Å². The molecule has 2 aliphatic heterocycles. The molecule has 5 nitrogen and oxygen atoms in total. The predicted octanol–water partition coefficient (Wildman–Crippen LogP) is 10.2. The fourth-order valence-corrected chi connectivity index (χ4v) is 9.84. The summed E-state index contributed by atoms with van der Waals surface area (Å²) in [6, 6.07) is 33.4. The Hall–Kier alpha value is -5.42. The number of rotatable bonds is 4. The maximum absolute atomic E-state index is 5.70. The zero-order valence-corrected chi connectivity index (χ0v) is 28.8. The molecule has 4 aromatic carbocycles. The molecule has 0 amide bonds. The van der Waals surface area contributed by atoms with Crippen LogP contribution in [-0.2, 0) is 0 Å². The van der Waals surface area contributed by atoms with Gasteiger partial charge in [0.15, 0.2) is 0 Å². The molecule has 0 bridgehead atoms. The van der Waals surface area contributed by atoms with Gasteiger partial charge in [0, 0.05) is 46.0 Å². The number of aromatic nitrogens is 1. The number of nitrogens with one attached hydrogen (secondary N) is 1. The molecule has 1 fully saturated rings. The van der Waals surface area contributed by atoms with Crippen molar-refractivity contribution in [3.05, 3.63) is 155 Å². The maximum atomic E-state index is 5.70. The molecular weight excluding hydrogens is 623 g/mol. The predicted molar refractivity (Wildman–Crippen MR) is 211 cm³/mol. The van der Waals surface area contributed by atoms with Crippen molar-refractivity contribution < 1.29 is 0 Å². The third kappa shape index (κ3) is 4.60. The fourth-order valence-electron chi connectivity index (χ4n) is 9.84. The molecule has 5 aromatic rings. The van der Waals surface area contributed by atoms with Gasteiger partial charge in [-0.2, -0.15) is 0 Å². The molecule has 3 unspecified atom stereocenters. The van der Waals surface area contributed by atoms with Crippen LogP contribution in [0.15, 0.2) is 143 Å². The number of fused-ring (bicyclic) bond motifs is 6. The van der Waals surface area contributed by atoms with Gasteiger partial charge in [0.2, 0.25) is 12.2 Å². The zero-order valence-electron chi connectivity index (χ0n) is 28.8. The Kier molecular flexibility index (Phi) is 6.65. The molecule has 4 aliphatic carbocycles. The summed E-state index contributed by atoms with van der Waals surface area (Å²) in [5.41, 5.74) is 13.4. The van der Waals surface area contributed by atoms with Gasteiger partial charge in [0.1, 0.15) is 5.84 Å². The lowest BCUT2D eigenvalue weighted by Gasteiger charge is -2.39. The molecular formula is C46H41N5.